The maximum Gasteiger partial charge on any atom is 0.416 e. The van der Waals surface area contributed by atoms with Crippen LogP contribution in [0.4, 0.5) is 32.3 Å². The number of hydrogen-bond acceptors (Lipinski definition) is 4. The van der Waals surface area contributed by atoms with Crippen LogP contribution >= 0.6 is 0 Å². The van der Waals surface area contributed by atoms with E-state index in [2.05, 4.69) is 14.7 Å². The molecule has 0 amide bonds. The van der Waals surface area contributed by atoms with Gasteiger partial charge in [0.1, 0.15) is 0 Å². The first-order chi connectivity index (χ1) is 10.1. The molecule has 0 saturated carbocycles. The number of nitrogens with zero attached hydrogens (tertiary/aromatic N) is 3. The van der Waals surface area contributed by atoms with E-state index in [1.54, 1.807) is 0 Å². The van der Waals surface area contributed by atoms with Crippen molar-refractivity contribution in [1.29, 1.82) is 0 Å². The van der Waals surface area contributed by atoms with E-state index in [1.807, 2.05) is 0 Å². The van der Waals surface area contributed by atoms with Crippen LogP contribution in [0.25, 0.3) is 0 Å². The van der Waals surface area contributed by atoms with E-state index in [4.69, 9.17) is 0 Å². The average molecular weight is 329 g/mol. The van der Waals surface area contributed by atoms with Crippen molar-refractivity contribution in [3.63, 3.8) is 0 Å². The third-order valence-corrected chi connectivity index (χ3v) is 3.08. The number of alkyl halides is 6. The lowest BCUT2D eigenvalue weighted by Gasteiger charge is -2.33. The SMILES string of the molecule is FC(F)(F)CCc1ccnc(N2CCO[C@@H](C(F)(F)F)C2)n1. The zero-order valence-corrected chi connectivity index (χ0v) is 11.3. The van der Waals surface area contributed by atoms with E-state index in [9.17, 15) is 26.3 Å². The van der Waals surface area contributed by atoms with E-state index in [0.717, 1.165) is 0 Å². The first-order valence-electron chi connectivity index (χ1n) is 6.47. The number of ether oxygens (including phenoxy) is 1. The molecule has 0 unspecified atom stereocenters. The van der Waals surface area contributed by atoms with Crippen molar-refractivity contribution in [2.75, 3.05) is 24.6 Å². The number of aromatic nitrogens is 2. The number of anilines is 1. The van der Waals surface area contributed by atoms with E-state index in [0.29, 0.717) is 0 Å². The van der Waals surface area contributed by atoms with Crippen LogP contribution in [-0.4, -0.2) is 48.1 Å². The summed E-state index contributed by atoms with van der Waals surface area (Å²) >= 11 is 0. The summed E-state index contributed by atoms with van der Waals surface area (Å²) in [6.07, 6.45) is -10.9. The molecule has 2 rings (SSSR count). The van der Waals surface area contributed by atoms with Crippen molar-refractivity contribution in [2.24, 2.45) is 0 Å². The number of hydrogen-bond donors (Lipinski definition) is 0. The molecule has 1 aliphatic rings. The zero-order valence-electron chi connectivity index (χ0n) is 11.3. The highest BCUT2D eigenvalue weighted by atomic mass is 19.4. The van der Waals surface area contributed by atoms with Gasteiger partial charge in [-0.05, 0) is 12.5 Å². The molecule has 0 spiro atoms. The highest BCUT2D eigenvalue weighted by molar-refractivity contribution is 5.31. The molecular formula is C12H13F6N3O. The molecule has 0 aromatic carbocycles. The highest BCUT2D eigenvalue weighted by Gasteiger charge is 2.43. The Balaban J connectivity index is 2.05. The van der Waals surface area contributed by atoms with Crippen molar-refractivity contribution >= 4 is 5.95 Å². The molecule has 0 bridgehead atoms. The Hall–Kier alpha value is -1.58. The summed E-state index contributed by atoms with van der Waals surface area (Å²) in [6, 6.07) is 1.32. The molecule has 124 valence electrons. The fraction of sp³-hybridized carbons (Fsp3) is 0.667. The molecule has 1 aromatic heterocycles. The van der Waals surface area contributed by atoms with Crippen molar-refractivity contribution in [3.05, 3.63) is 18.0 Å². The van der Waals surface area contributed by atoms with E-state index in [1.165, 1.54) is 17.2 Å². The maximum atomic E-state index is 12.6. The van der Waals surface area contributed by atoms with E-state index >= 15 is 0 Å². The van der Waals surface area contributed by atoms with Gasteiger partial charge in [0.15, 0.2) is 6.10 Å². The lowest BCUT2D eigenvalue weighted by atomic mass is 10.2. The maximum absolute atomic E-state index is 12.6. The standard InChI is InChI=1S/C12H13F6N3O/c13-11(14,15)3-1-8-2-4-19-10(20-8)21-5-6-22-9(7-21)12(16,17)18/h2,4,9H,1,3,5-7H2/t9-/m1/s1. The van der Waals surface area contributed by atoms with E-state index < -0.39 is 31.4 Å². The molecular weight excluding hydrogens is 316 g/mol. The Kier molecular flexibility index (Phi) is 4.78. The summed E-state index contributed by atoms with van der Waals surface area (Å²) in [7, 11) is 0. The van der Waals surface area contributed by atoms with Gasteiger partial charge in [-0.2, -0.15) is 26.3 Å². The summed E-state index contributed by atoms with van der Waals surface area (Å²) in [6.45, 7) is -0.484. The average Bonchev–Trinajstić information content (AvgIpc) is 2.44. The molecule has 1 atom stereocenters. The molecule has 1 aromatic rings. The molecule has 0 aliphatic carbocycles. The molecule has 0 N–H and O–H groups in total. The molecule has 10 heteroatoms. The number of halogens is 6. The molecule has 2 heterocycles. The lowest BCUT2D eigenvalue weighted by molar-refractivity contribution is -0.221. The first kappa shape index (κ1) is 16.8. The van der Waals surface area contributed by atoms with Crippen LogP contribution in [-0.2, 0) is 11.2 Å². The second-order valence-electron chi connectivity index (χ2n) is 4.81. The Labute approximate surface area is 122 Å². The summed E-state index contributed by atoms with van der Waals surface area (Å²) in [5.74, 6) is -0.0165. The van der Waals surface area contributed by atoms with Crippen LogP contribution in [0.3, 0.4) is 0 Å². The summed E-state index contributed by atoms with van der Waals surface area (Å²) in [4.78, 5) is 9.01. The first-order valence-corrected chi connectivity index (χ1v) is 6.47. The van der Waals surface area contributed by atoms with Gasteiger partial charge < -0.3 is 9.64 Å². The van der Waals surface area contributed by atoms with Crippen LogP contribution in [0.2, 0.25) is 0 Å². The van der Waals surface area contributed by atoms with Gasteiger partial charge in [0, 0.05) is 24.9 Å². The topological polar surface area (TPSA) is 38.2 Å². The van der Waals surface area contributed by atoms with Gasteiger partial charge in [-0.3, -0.25) is 0 Å². The minimum Gasteiger partial charge on any atom is -0.365 e. The number of morpholine rings is 1. The Bertz CT molecular complexity index is 504. The number of rotatable bonds is 3. The number of aryl methyl sites for hydroxylation is 1. The Morgan fingerprint density at radius 1 is 1.23 bits per heavy atom. The molecule has 0 radical (unpaired) electrons. The van der Waals surface area contributed by atoms with Crippen molar-refractivity contribution in [3.8, 4) is 0 Å². The van der Waals surface area contributed by atoms with Crippen LogP contribution in [0.1, 0.15) is 12.1 Å². The van der Waals surface area contributed by atoms with Gasteiger partial charge in [-0.25, -0.2) is 9.97 Å². The fourth-order valence-corrected chi connectivity index (χ4v) is 1.97. The van der Waals surface area contributed by atoms with Crippen molar-refractivity contribution in [1.82, 2.24) is 9.97 Å². The van der Waals surface area contributed by atoms with Gasteiger partial charge in [0.25, 0.3) is 0 Å². The molecule has 4 nitrogen and oxygen atoms in total. The Morgan fingerprint density at radius 3 is 2.59 bits per heavy atom. The highest BCUT2D eigenvalue weighted by Crippen LogP contribution is 2.27. The summed E-state index contributed by atoms with van der Waals surface area (Å²) < 4.78 is 79.1. The van der Waals surface area contributed by atoms with Crippen molar-refractivity contribution in [2.45, 2.75) is 31.3 Å². The van der Waals surface area contributed by atoms with Crippen LogP contribution in [0, 0.1) is 0 Å². The largest absolute Gasteiger partial charge is 0.416 e. The quantitative estimate of drug-likeness (QED) is 0.800. The van der Waals surface area contributed by atoms with Gasteiger partial charge in [0.05, 0.1) is 13.2 Å². The van der Waals surface area contributed by atoms with Crippen molar-refractivity contribution < 1.29 is 31.1 Å². The van der Waals surface area contributed by atoms with E-state index in [-0.39, 0.29) is 31.2 Å². The lowest BCUT2D eigenvalue weighted by Crippen LogP contribution is -2.49. The van der Waals surface area contributed by atoms with Crippen LogP contribution in [0.5, 0.6) is 0 Å². The smallest absolute Gasteiger partial charge is 0.365 e. The van der Waals surface area contributed by atoms with Gasteiger partial charge in [-0.1, -0.05) is 0 Å². The van der Waals surface area contributed by atoms with Crippen LogP contribution < -0.4 is 4.90 Å². The third-order valence-electron chi connectivity index (χ3n) is 3.08. The van der Waals surface area contributed by atoms with Crippen LogP contribution in [0.15, 0.2) is 12.3 Å². The second kappa shape index (κ2) is 6.27. The van der Waals surface area contributed by atoms with Gasteiger partial charge in [0.2, 0.25) is 5.95 Å². The Morgan fingerprint density at radius 2 is 1.95 bits per heavy atom. The molecule has 22 heavy (non-hydrogen) atoms. The van der Waals surface area contributed by atoms with Gasteiger partial charge >= 0.3 is 12.4 Å². The minimum atomic E-state index is -4.51. The molecule has 1 aliphatic heterocycles. The van der Waals surface area contributed by atoms with Gasteiger partial charge in [-0.15, -0.1) is 0 Å². The normalized spacial score (nSPS) is 20.3. The third kappa shape index (κ3) is 4.72. The zero-order chi connectivity index (χ0) is 16.4. The summed E-state index contributed by atoms with van der Waals surface area (Å²) in [5, 5.41) is 0. The molecule has 1 fully saturated rings. The minimum absolute atomic E-state index is 0.0165. The summed E-state index contributed by atoms with van der Waals surface area (Å²) in [5.41, 5.74) is 0.136. The monoisotopic (exact) mass is 329 g/mol. The predicted octanol–water partition coefficient (Wildman–Crippen LogP) is 2.74. The molecule has 1 saturated heterocycles. The fourth-order valence-electron chi connectivity index (χ4n) is 1.97. The second-order valence-corrected chi connectivity index (χ2v) is 4.81. The predicted molar refractivity (Wildman–Crippen MR) is 64.4 cm³/mol.